The Bertz CT molecular complexity index is 2800. The average molecular weight is 872 g/mol. The Morgan fingerprint density at radius 2 is 0.815 bits per heavy atom. The first-order valence-corrected chi connectivity index (χ1v) is 24.4. The first-order chi connectivity index (χ1) is 31.9. The molecule has 7 heteroatoms. The fraction of sp³-hybridized carbons (Fsp3) is 0.224. The van der Waals surface area contributed by atoms with Crippen molar-refractivity contribution in [3.05, 3.63) is 206 Å². The van der Waals surface area contributed by atoms with Gasteiger partial charge in [0.1, 0.15) is 5.75 Å². The highest BCUT2D eigenvalue weighted by Crippen LogP contribution is 2.27. The molecule has 4 bridgehead atoms. The van der Waals surface area contributed by atoms with E-state index in [1.165, 1.54) is 0 Å². The van der Waals surface area contributed by atoms with Crippen molar-refractivity contribution in [3.63, 3.8) is 0 Å². The zero-order valence-electron chi connectivity index (χ0n) is 37.4. The van der Waals surface area contributed by atoms with E-state index in [1.54, 1.807) is 12.1 Å². The van der Waals surface area contributed by atoms with Crippen LogP contribution in [0.2, 0.25) is 6.04 Å². The SMILES string of the molecule is CCO[Si](CCCNC(=O)Oc1ccc(C#Cc2cc3c(C#Cc4ccccc4)cc2CCc2cc(C#Cc4ccccc4)c(cc2C#Cc2ccccc2)CC3)cc1)(OCC)OCC. The number of rotatable bonds is 11. The molecule has 4 aliphatic carbocycles. The van der Waals surface area contributed by atoms with Gasteiger partial charge in [0.2, 0.25) is 0 Å². The molecule has 6 aromatic rings. The number of carbonyl (C=O) groups is 1. The number of carbonyl (C=O) groups excluding carboxylic acids is 1. The summed E-state index contributed by atoms with van der Waals surface area (Å²) in [7, 11) is -2.78. The van der Waals surface area contributed by atoms with Gasteiger partial charge in [-0.1, -0.05) is 102 Å². The third-order valence-corrected chi connectivity index (χ3v) is 13.9. The minimum Gasteiger partial charge on any atom is -0.410 e. The number of benzene rings is 6. The zero-order valence-corrected chi connectivity index (χ0v) is 38.4. The predicted octanol–water partition coefficient (Wildman–Crippen LogP) is 10.7. The maximum atomic E-state index is 12.7. The fourth-order valence-electron chi connectivity index (χ4n) is 7.58. The molecule has 0 radical (unpaired) electrons. The summed E-state index contributed by atoms with van der Waals surface area (Å²) in [5.41, 5.74) is 12.3. The van der Waals surface area contributed by atoms with Crippen LogP contribution in [-0.4, -0.2) is 41.3 Å². The zero-order chi connectivity index (χ0) is 45.1. The molecule has 0 aliphatic heterocycles. The number of hydrogen-bond acceptors (Lipinski definition) is 5. The molecule has 65 heavy (non-hydrogen) atoms. The number of amides is 1. The van der Waals surface area contributed by atoms with Crippen molar-refractivity contribution in [2.45, 2.75) is 58.9 Å². The lowest BCUT2D eigenvalue weighted by atomic mass is 9.86. The minimum absolute atomic E-state index is 0.405. The van der Waals surface area contributed by atoms with E-state index in [2.05, 4.69) is 76.9 Å². The van der Waals surface area contributed by atoms with Crippen LogP contribution >= 0.6 is 0 Å². The second kappa shape index (κ2) is 23.6. The molecular weight excluding hydrogens is 819 g/mol. The Hall–Kier alpha value is -7.07. The molecule has 1 amide bonds. The van der Waals surface area contributed by atoms with E-state index >= 15 is 0 Å². The monoisotopic (exact) mass is 871 g/mol. The van der Waals surface area contributed by atoms with Crippen LogP contribution < -0.4 is 10.1 Å². The Kier molecular flexibility index (Phi) is 16.7. The quantitative estimate of drug-likeness (QED) is 0.0798. The van der Waals surface area contributed by atoms with E-state index in [-0.39, 0.29) is 0 Å². The summed E-state index contributed by atoms with van der Waals surface area (Å²) < 4.78 is 23.4. The maximum absolute atomic E-state index is 12.7. The normalized spacial score (nSPS) is 11.5. The van der Waals surface area contributed by atoms with Crippen molar-refractivity contribution < 1.29 is 22.8 Å². The van der Waals surface area contributed by atoms with Crippen LogP contribution in [0.15, 0.2) is 140 Å². The molecule has 0 atom stereocenters. The van der Waals surface area contributed by atoms with Gasteiger partial charge in [-0.2, -0.15) is 0 Å². The molecule has 0 spiro atoms. The summed E-state index contributed by atoms with van der Waals surface area (Å²) in [5, 5.41) is 2.84. The Morgan fingerprint density at radius 1 is 0.477 bits per heavy atom. The first-order valence-electron chi connectivity index (χ1n) is 22.4. The topological polar surface area (TPSA) is 66.0 Å². The Balaban J connectivity index is 1.14. The Labute approximate surface area is 386 Å². The molecule has 0 saturated heterocycles. The van der Waals surface area contributed by atoms with Gasteiger partial charge in [0.05, 0.1) is 0 Å². The molecular formula is C58H53NO5Si. The first kappa shape index (κ1) is 45.9. The third kappa shape index (κ3) is 13.5. The lowest BCUT2D eigenvalue weighted by Gasteiger charge is -2.28. The number of nitrogens with one attached hydrogen (secondary N) is 1. The summed E-state index contributed by atoms with van der Waals surface area (Å²) in [4.78, 5) is 12.7. The van der Waals surface area contributed by atoms with Crippen LogP contribution in [0, 0.1) is 47.4 Å². The van der Waals surface area contributed by atoms with E-state index in [0.29, 0.717) is 44.6 Å². The molecule has 0 saturated carbocycles. The lowest BCUT2D eigenvalue weighted by Crippen LogP contribution is -2.46. The van der Waals surface area contributed by atoms with Gasteiger partial charge in [0.25, 0.3) is 0 Å². The van der Waals surface area contributed by atoms with Crippen LogP contribution in [0.4, 0.5) is 4.79 Å². The summed E-state index contributed by atoms with van der Waals surface area (Å²) in [6.07, 6.45) is 3.06. The van der Waals surface area contributed by atoms with Gasteiger partial charge in [-0.3, -0.25) is 0 Å². The van der Waals surface area contributed by atoms with Crippen molar-refractivity contribution >= 4 is 14.9 Å². The number of hydrogen-bond donors (Lipinski definition) is 1. The van der Waals surface area contributed by atoms with Crippen LogP contribution in [0.1, 0.15) is 94.0 Å². The largest absolute Gasteiger partial charge is 0.500 e. The second-order valence-electron chi connectivity index (χ2n) is 15.4. The van der Waals surface area contributed by atoms with Crippen LogP contribution in [-0.2, 0) is 39.0 Å². The summed E-state index contributed by atoms with van der Waals surface area (Å²) in [5.74, 6) is 28.1. The smallest absolute Gasteiger partial charge is 0.410 e. The molecule has 0 fully saturated rings. The van der Waals surface area contributed by atoms with Crippen LogP contribution in [0.3, 0.4) is 0 Å². The van der Waals surface area contributed by atoms with Crippen molar-refractivity contribution in [3.8, 4) is 53.1 Å². The van der Waals surface area contributed by atoms with Crippen molar-refractivity contribution in [2.24, 2.45) is 0 Å². The van der Waals surface area contributed by atoms with E-state index in [4.69, 9.17) is 18.0 Å². The predicted molar refractivity (Wildman–Crippen MR) is 261 cm³/mol. The number of ether oxygens (including phenoxy) is 1. The van der Waals surface area contributed by atoms with Crippen LogP contribution in [0.25, 0.3) is 0 Å². The number of aryl methyl sites for hydroxylation is 4. The van der Waals surface area contributed by atoms with Gasteiger partial charge in [0, 0.05) is 76.9 Å². The van der Waals surface area contributed by atoms with Gasteiger partial charge in [0.15, 0.2) is 0 Å². The fourth-order valence-corrected chi connectivity index (χ4v) is 10.2. The van der Waals surface area contributed by atoms with Gasteiger partial charge in [-0.05, 0) is 160 Å². The molecule has 1 N–H and O–H groups in total. The highest BCUT2D eigenvalue weighted by molar-refractivity contribution is 6.60. The molecule has 0 unspecified atom stereocenters. The summed E-state index contributed by atoms with van der Waals surface area (Å²) in [6.45, 7) is 7.73. The van der Waals surface area contributed by atoms with Crippen molar-refractivity contribution in [1.82, 2.24) is 5.32 Å². The van der Waals surface area contributed by atoms with Gasteiger partial charge < -0.3 is 23.3 Å². The molecule has 4 aliphatic rings. The van der Waals surface area contributed by atoms with E-state index < -0.39 is 14.9 Å². The highest BCUT2D eigenvalue weighted by atomic mass is 28.4. The molecule has 0 aromatic heterocycles. The Morgan fingerprint density at radius 3 is 1.15 bits per heavy atom. The minimum atomic E-state index is -2.78. The van der Waals surface area contributed by atoms with Gasteiger partial charge >= 0.3 is 14.9 Å². The molecule has 6 aromatic carbocycles. The van der Waals surface area contributed by atoms with E-state index in [9.17, 15) is 4.79 Å². The van der Waals surface area contributed by atoms with E-state index in [0.717, 1.165) is 92.4 Å². The van der Waals surface area contributed by atoms with Gasteiger partial charge in [-0.15, -0.1) is 0 Å². The molecule has 0 heterocycles. The molecule has 324 valence electrons. The average Bonchev–Trinajstić information content (AvgIpc) is 3.33. The standard InChI is InChI=1S/C58H53NO5Si/c1-4-61-65(62-5-2,63-6-3)40-16-39-59-58(60)64-57-37-27-48(28-38-57)26-32-52-44-55-34-33-53-41-50(30-24-46-19-12-8-13-20-46)54(42-49(53)29-23-45-17-10-7-11-18-45)35-36-56(52)43-51(55)31-25-47-21-14-9-15-22-47/h7-15,17-22,27-28,37-38,41-44H,4-6,16,33-36,39-40H2,1-3H3,(H,59,60). The highest BCUT2D eigenvalue weighted by Gasteiger charge is 2.39. The third-order valence-electron chi connectivity index (χ3n) is 10.8. The van der Waals surface area contributed by atoms with E-state index in [1.807, 2.05) is 124 Å². The molecule has 6 nitrogen and oxygen atoms in total. The van der Waals surface area contributed by atoms with Crippen LogP contribution in [0.5, 0.6) is 5.75 Å². The van der Waals surface area contributed by atoms with Gasteiger partial charge in [-0.25, -0.2) is 4.79 Å². The second-order valence-corrected chi connectivity index (χ2v) is 18.1. The van der Waals surface area contributed by atoms with Crippen molar-refractivity contribution in [2.75, 3.05) is 26.4 Å². The maximum Gasteiger partial charge on any atom is 0.500 e. The summed E-state index contributed by atoms with van der Waals surface area (Å²) in [6, 6.07) is 47.2. The lowest BCUT2D eigenvalue weighted by molar-refractivity contribution is 0.0707. The molecule has 10 rings (SSSR count). The van der Waals surface area contributed by atoms with Crippen molar-refractivity contribution in [1.29, 1.82) is 0 Å². The summed E-state index contributed by atoms with van der Waals surface area (Å²) >= 11 is 0.